The molecule has 1 saturated carbocycles. The molecule has 0 aliphatic heterocycles. The first kappa shape index (κ1) is 14.1. The molecule has 0 amide bonds. The fraction of sp³-hybridized carbons (Fsp3) is 0.429. The van der Waals surface area contributed by atoms with Gasteiger partial charge >= 0.3 is 5.97 Å². The lowest BCUT2D eigenvalue weighted by atomic mass is 9.89. The highest BCUT2D eigenvalue weighted by Crippen LogP contribution is 2.37. The Bertz CT molecular complexity index is 616. The van der Waals surface area contributed by atoms with Gasteiger partial charge in [0.25, 0.3) is 0 Å². The summed E-state index contributed by atoms with van der Waals surface area (Å²) in [5.41, 5.74) is 0.882. The van der Waals surface area contributed by atoms with E-state index in [2.05, 4.69) is 15.5 Å². The maximum Gasteiger partial charge on any atom is 0.307 e. The molecule has 1 aliphatic carbocycles. The van der Waals surface area contributed by atoms with Crippen LogP contribution in [-0.2, 0) is 4.79 Å². The predicted octanol–water partition coefficient (Wildman–Crippen LogP) is 2.40. The van der Waals surface area contributed by atoms with Crippen LogP contribution >= 0.6 is 11.8 Å². The van der Waals surface area contributed by atoms with E-state index in [4.69, 9.17) is 0 Å². The van der Waals surface area contributed by atoms with Crippen molar-refractivity contribution in [3.8, 4) is 5.69 Å². The highest BCUT2D eigenvalue weighted by molar-refractivity contribution is 7.99. The molecule has 7 heteroatoms. The van der Waals surface area contributed by atoms with Gasteiger partial charge in [-0.3, -0.25) is 4.79 Å². The fourth-order valence-corrected chi connectivity index (χ4v) is 3.94. The molecule has 0 saturated heterocycles. The molecule has 1 fully saturated rings. The van der Waals surface area contributed by atoms with Crippen LogP contribution in [0.2, 0.25) is 0 Å². The number of thioether (sulfide) groups is 1. The maximum atomic E-state index is 11.4. The van der Waals surface area contributed by atoms with Crippen LogP contribution in [0.1, 0.15) is 25.7 Å². The topological polar surface area (TPSA) is 80.9 Å². The molecule has 110 valence electrons. The maximum absolute atomic E-state index is 11.4. The smallest absolute Gasteiger partial charge is 0.307 e. The molecule has 2 aromatic rings. The SMILES string of the molecule is O=C(O)C1CCCCC1Sc1nnnn1-c1ccccc1. The van der Waals surface area contributed by atoms with E-state index in [0.29, 0.717) is 5.16 Å². The largest absolute Gasteiger partial charge is 0.481 e. The summed E-state index contributed by atoms with van der Waals surface area (Å²) in [6, 6.07) is 9.63. The quantitative estimate of drug-likeness (QED) is 0.934. The number of aliphatic carboxylic acids is 1. The zero-order valence-electron chi connectivity index (χ0n) is 11.4. The first-order valence-corrected chi connectivity index (χ1v) is 7.87. The minimum Gasteiger partial charge on any atom is -0.481 e. The predicted molar refractivity (Wildman–Crippen MR) is 78.4 cm³/mol. The number of tetrazole rings is 1. The van der Waals surface area contributed by atoms with Crippen molar-refractivity contribution in [1.82, 2.24) is 20.2 Å². The summed E-state index contributed by atoms with van der Waals surface area (Å²) in [4.78, 5) is 11.4. The van der Waals surface area contributed by atoms with Gasteiger partial charge in [0, 0.05) is 5.25 Å². The van der Waals surface area contributed by atoms with Gasteiger partial charge in [-0.2, -0.15) is 4.68 Å². The number of aromatic nitrogens is 4. The number of carboxylic acids is 1. The summed E-state index contributed by atoms with van der Waals surface area (Å²) >= 11 is 1.48. The molecule has 0 spiro atoms. The molecule has 3 rings (SSSR count). The van der Waals surface area contributed by atoms with Crippen LogP contribution in [0.5, 0.6) is 0 Å². The summed E-state index contributed by atoms with van der Waals surface area (Å²) in [5, 5.41) is 21.8. The van der Waals surface area contributed by atoms with Crippen LogP contribution in [0, 0.1) is 5.92 Å². The van der Waals surface area contributed by atoms with Crippen LogP contribution in [0.25, 0.3) is 5.69 Å². The van der Waals surface area contributed by atoms with Gasteiger partial charge in [-0.05, 0) is 35.4 Å². The van der Waals surface area contributed by atoms with Gasteiger partial charge in [0.15, 0.2) is 0 Å². The summed E-state index contributed by atoms with van der Waals surface area (Å²) in [5.74, 6) is -1.03. The Morgan fingerprint density at radius 1 is 1.24 bits per heavy atom. The number of rotatable bonds is 4. The van der Waals surface area contributed by atoms with Gasteiger partial charge in [-0.1, -0.05) is 42.8 Å². The molecule has 21 heavy (non-hydrogen) atoms. The number of carbonyl (C=O) groups is 1. The molecule has 0 radical (unpaired) electrons. The van der Waals surface area contributed by atoms with Crippen molar-refractivity contribution < 1.29 is 9.90 Å². The van der Waals surface area contributed by atoms with Crippen molar-refractivity contribution in [2.75, 3.05) is 0 Å². The van der Waals surface area contributed by atoms with Crippen LogP contribution in [-0.4, -0.2) is 36.5 Å². The van der Waals surface area contributed by atoms with Gasteiger partial charge in [0.2, 0.25) is 5.16 Å². The molecule has 1 aromatic carbocycles. The number of hydrogen-bond donors (Lipinski definition) is 1. The van der Waals surface area contributed by atoms with Crippen molar-refractivity contribution in [2.24, 2.45) is 5.92 Å². The summed E-state index contributed by atoms with van der Waals surface area (Å²) in [7, 11) is 0. The second-order valence-electron chi connectivity index (χ2n) is 5.09. The Kier molecular flexibility index (Phi) is 4.19. The van der Waals surface area contributed by atoms with E-state index in [9.17, 15) is 9.90 Å². The normalized spacial score (nSPS) is 22.1. The van der Waals surface area contributed by atoms with Gasteiger partial charge in [-0.25, -0.2) is 0 Å². The van der Waals surface area contributed by atoms with E-state index in [1.165, 1.54) is 11.8 Å². The van der Waals surface area contributed by atoms with Crippen molar-refractivity contribution in [2.45, 2.75) is 36.1 Å². The molecule has 6 nitrogen and oxygen atoms in total. The summed E-state index contributed by atoms with van der Waals surface area (Å²) in [6.45, 7) is 0. The van der Waals surface area contributed by atoms with Crippen LogP contribution in [0.3, 0.4) is 0 Å². The molecular weight excluding hydrogens is 288 g/mol. The number of benzene rings is 1. The minimum atomic E-state index is -0.717. The van der Waals surface area contributed by atoms with Gasteiger partial charge in [-0.15, -0.1) is 5.10 Å². The highest BCUT2D eigenvalue weighted by Gasteiger charge is 2.32. The number of para-hydroxylation sites is 1. The Balaban J connectivity index is 1.82. The van der Waals surface area contributed by atoms with Crippen molar-refractivity contribution in [1.29, 1.82) is 0 Å². The molecule has 0 bridgehead atoms. The lowest BCUT2D eigenvalue weighted by Crippen LogP contribution is -2.29. The van der Waals surface area contributed by atoms with E-state index >= 15 is 0 Å². The molecular formula is C14H16N4O2S. The van der Waals surface area contributed by atoms with Crippen molar-refractivity contribution in [3.05, 3.63) is 30.3 Å². The van der Waals surface area contributed by atoms with Crippen LogP contribution in [0.15, 0.2) is 35.5 Å². The number of hydrogen-bond acceptors (Lipinski definition) is 5. The summed E-state index contributed by atoms with van der Waals surface area (Å²) < 4.78 is 1.66. The molecule has 1 aliphatic rings. The fourth-order valence-electron chi connectivity index (χ4n) is 2.64. The van der Waals surface area contributed by atoms with Gasteiger partial charge in [0.1, 0.15) is 0 Å². The van der Waals surface area contributed by atoms with Gasteiger partial charge in [0.05, 0.1) is 11.6 Å². The second-order valence-corrected chi connectivity index (χ2v) is 6.30. The van der Waals surface area contributed by atoms with E-state index in [1.54, 1.807) is 4.68 Å². The third-order valence-corrected chi connectivity index (χ3v) is 5.05. The van der Waals surface area contributed by atoms with E-state index in [0.717, 1.165) is 31.4 Å². The average Bonchev–Trinajstić information content (AvgIpc) is 2.96. The third kappa shape index (κ3) is 3.07. The molecule has 1 N–H and O–H groups in total. The van der Waals surface area contributed by atoms with E-state index in [-0.39, 0.29) is 11.2 Å². The van der Waals surface area contributed by atoms with Crippen LogP contribution < -0.4 is 0 Å². The average molecular weight is 304 g/mol. The lowest BCUT2D eigenvalue weighted by molar-refractivity contribution is -0.142. The zero-order valence-corrected chi connectivity index (χ0v) is 12.2. The van der Waals surface area contributed by atoms with Crippen LogP contribution in [0.4, 0.5) is 0 Å². The molecule has 1 aromatic heterocycles. The second kappa shape index (κ2) is 6.26. The Morgan fingerprint density at radius 2 is 2.00 bits per heavy atom. The Labute approximate surface area is 126 Å². The number of carboxylic acid groups (broad SMARTS) is 1. The molecule has 2 unspecified atom stereocenters. The first-order chi connectivity index (χ1) is 10.3. The number of nitrogens with zero attached hydrogens (tertiary/aromatic N) is 4. The zero-order chi connectivity index (χ0) is 14.7. The first-order valence-electron chi connectivity index (χ1n) is 6.99. The standard InChI is InChI=1S/C14H16N4O2S/c19-13(20)11-8-4-5-9-12(11)21-14-15-16-17-18(14)10-6-2-1-3-7-10/h1-3,6-7,11-12H,4-5,8-9H2,(H,19,20). The van der Waals surface area contributed by atoms with Crippen molar-refractivity contribution in [3.63, 3.8) is 0 Å². The lowest BCUT2D eigenvalue weighted by Gasteiger charge is -2.27. The Hall–Kier alpha value is -1.89. The molecule has 1 heterocycles. The minimum absolute atomic E-state index is 0.0321. The summed E-state index contributed by atoms with van der Waals surface area (Å²) in [6.07, 6.45) is 3.68. The molecule has 2 atom stereocenters. The highest BCUT2D eigenvalue weighted by atomic mass is 32.2. The van der Waals surface area contributed by atoms with Gasteiger partial charge < -0.3 is 5.11 Å². The van der Waals surface area contributed by atoms with E-state index in [1.807, 2.05) is 30.3 Å². The Morgan fingerprint density at radius 3 is 2.76 bits per heavy atom. The van der Waals surface area contributed by atoms with Crippen molar-refractivity contribution >= 4 is 17.7 Å². The third-order valence-electron chi connectivity index (χ3n) is 3.72. The monoisotopic (exact) mass is 304 g/mol. The van der Waals surface area contributed by atoms with E-state index < -0.39 is 5.97 Å².